The van der Waals surface area contributed by atoms with Crippen molar-refractivity contribution in [2.45, 2.75) is 26.1 Å². The Hall–Kier alpha value is -1.24. The second-order valence-corrected chi connectivity index (χ2v) is 6.89. The lowest BCUT2D eigenvalue weighted by atomic mass is 9.96. The molecule has 1 N–H and O–H groups in total. The Kier molecular flexibility index (Phi) is 5.14. The molecule has 2 aliphatic heterocycles. The van der Waals surface area contributed by atoms with Crippen molar-refractivity contribution in [3.63, 3.8) is 0 Å². The van der Waals surface area contributed by atoms with Crippen molar-refractivity contribution in [2.75, 3.05) is 44.2 Å². The lowest BCUT2D eigenvalue weighted by Gasteiger charge is -2.37. The minimum Gasteiger partial charge on any atom is -0.396 e. The van der Waals surface area contributed by atoms with Crippen LogP contribution in [0, 0.1) is 17.7 Å². The molecule has 2 saturated heterocycles. The number of hydrogen-bond acceptors (Lipinski definition) is 5. The minimum atomic E-state index is -0.293. The van der Waals surface area contributed by atoms with E-state index < -0.39 is 0 Å². The highest BCUT2D eigenvalue weighted by molar-refractivity contribution is 5.41. The van der Waals surface area contributed by atoms with Gasteiger partial charge >= 0.3 is 0 Å². The average Bonchev–Trinajstić information content (AvgIpc) is 2.89. The number of aromatic nitrogens is 1. The van der Waals surface area contributed by atoms with Gasteiger partial charge in [0.15, 0.2) is 11.6 Å². The van der Waals surface area contributed by atoms with Gasteiger partial charge in [-0.15, -0.1) is 0 Å². The second kappa shape index (κ2) is 7.11. The van der Waals surface area contributed by atoms with E-state index in [9.17, 15) is 9.50 Å². The molecule has 6 heteroatoms. The van der Waals surface area contributed by atoms with E-state index in [0.29, 0.717) is 18.3 Å². The number of morpholine rings is 1. The smallest absolute Gasteiger partial charge is 0.165 e. The summed E-state index contributed by atoms with van der Waals surface area (Å²) < 4.78 is 19.7. The number of rotatable bonds is 4. The number of pyridine rings is 1. The van der Waals surface area contributed by atoms with Gasteiger partial charge in [0.2, 0.25) is 0 Å². The van der Waals surface area contributed by atoms with E-state index in [1.807, 2.05) is 4.90 Å². The summed E-state index contributed by atoms with van der Waals surface area (Å²) in [6.45, 7) is 8.45. The van der Waals surface area contributed by atoms with Gasteiger partial charge in [-0.1, -0.05) is 0 Å². The van der Waals surface area contributed by atoms with Crippen LogP contribution in [0.4, 0.5) is 10.2 Å². The fourth-order valence-electron chi connectivity index (χ4n) is 3.90. The summed E-state index contributed by atoms with van der Waals surface area (Å²) in [5.74, 6) is 0.583. The molecular weight excluding hydrogens is 297 g/mol. The second-order valence-electron chi connectivity index (χ2n) is 6.89. The third kappa shape index (κ3) is 3.82. The standard InChI is InChI=1S/C17H26FN3O2/c1-12-6-20(7-13(2)23-12)8-14-9-21(10-15(14)11-22)17-16(18)4-3-5-19-17/h3-5,12-15,22H,6-11H2,1-2H3/t12-,13+,14-,15-/m1/s1. The highest BCUT2D eigenvalue weighted by atomic mass is 19.1. The van der Waals surface area contributed by atoms with Crippen LogP contribution in [0.3, 0.4) is 0 Å². The molecule has 0 aromatic carbocycles. The Labute approximate surface area is 137 Å². The monoisotopic (exact) mass is 323 g/mol. The van der Waals surface area contributed by atoms with E-state index in [-0.39, 0.29) is 30.5 Å². The zero-order valence-electron chi connectivity index (χ0n) is 13.9. The molecule has 0 saturated carbocycles. The molecule has 4 atom stereocenters. The molecule has 0 amide bonds. The average molecular weight is 323 g/mol. The molecule has 2 fully saturated rings. The quantitative estimate of drug-likeness (QED) is 0.907. The number of aliphatic hydroxyl groups is 1. The summed E-state index contributed by atoms with van der Waals surface area (Å²) in [7, 11) is 0. The zero-order chi connectivity index (χ0) is 16.4. The molecule has 3 rings (SSSR count). The maximum Gasteiger partial charge on any atom is 0.165 e. The molecule has 128 valence electrons. The van der Waals surface area contributed by atoms with E-state index in [1.54, 1.807) is 12.3 Å². The maximum atomic E-state index is 14.0. The highest BCUT2D eigenvalue weighted by Crippen LogP contribution is 2.29. The molecule has 0 unspecified atom stereocenters. The molecule has 3 heterocycles. The molecule has 0 aliphatic carbocycles. The lowest BCUT2D eigenvalue weighted by Crippen LogP contribution is -2.48. The van der Waals surface area contributed by atoms with Crippen molar-refractivity contribution >= 4 is 5.82 Å². The van der Waals surface area contributed by atoms with Crippen LogP contribution in [-0.4, -0.2) is 66.5 Å². The number of hydrogen-bond donors (Lipinski definition) is 1. The summed E-state index contributed by atoms with van der Waals surface area (Å²) in [5.41, 5.74) is 0. The van der Waals surface area contributed by atoms with Gasteiger partial charge in [0, 0.05) is 51.4 Å². The predicted octanol–water partition coefficient (Wildman–Crippen LogP) is 1.37. The Morgan fingerprint density at radius 2 is 1.91 bits per heavy atom. The first-order valence-corrected chi connectivity index (χ1v) is 8.41. The topological polar surface area (TPSA) is 48.8 Å². The van der Waals surface area contributed by atoms with Gasteiger partial charge in [0.25, 0.3) is 0 Å². The number of halogens is 1. The summed E-state index contributed by atoms with van der Waals surface area (Å²) in [4.78, 5) is 8.54. The van der Waals surface area contributed by atoms with Crippen LogP contribution in [0.5, 0.6) is 0 Å². The van der Waals surface area contributed by atoms with Crippen LogP contribution >= 0.6 is 0 Å². The normalized spacial score (nSPS) is 32.4. The SMILES string of the molecule is C[C@@H]1CN(C[C@@H]2CN(c3ncccc3F)C[C@@H]2CO)C[C@H](C)O1. The highest BCUT2D eigenvalue weighted by Gasteiger charge is 2.36. The Bertz CT molecular complexity index is 520. The molecular formula is C17H26FN3O2. The Morgan fingerprint density at radius 3 is 2.57 bits per heavy atom. The van der Waals surface area contributed by atoms with Crippen LogP contribution in [0.25, 0.3) is 0 Å². The van der Waals surface area contributed by atoms with E-state index in [1.165, 1.54) is 6.07 Å². The van der Waals surface area contributed by atoms with Gasteiger partial charge in [-0.05, 0) is 31.9 Å². The molecule has 0 spiro atoms. The van der Waals surface area contributed by atoms with Crippen LogP contribution in [-0.2, 0) is 4.74 Å². The van der Waals surface area contributed by atoms with E-state index >= 15 is 0 Å². The predicted molar refractivity (Wildman–Crippen MR) is 86.9 cm³/mol. The molecule has 2 aliphatic rings. The van der Waals surface area contributed by atoms with Gasteiger partial charge in [-0.3, -0.25) is 4.90 Å². The van der Waals surface area contributed by atoms with Gasteiger partial charge < -0.3 is 14.7 Å². The fourth-order valence-corrected chi connectivity index (χ4v) is 3.90. The van der Waals surface area contributed by atoms with Crippen LogP contribution in [0.1, 0.15) is 13.8 Å². The summed E-state index contributed by atoms with van der Waals surface area (Å²) >= 11 is 0. The Balaban J connectivity index is 1.66. The van der Waals surface area contributed by atoms with Crippen molar-refractivity contribution in [3.05, 3.63) is 24.1 Å². The van der Waals surface area contributed by atoms with Crippen LogP contribution in [0.15, 0.2) is 18.3 Å². The van der Waals surface area contributed by atoms with Gasteiger partial charge in [0.05, 0.1) is 12.2 Å². The molecule has 0 bridgehead atoms. The molecule has 5 nitrogen and oxygen atoms in total. The first kappa shape index (κ1) is 16.6. The third-order valence-electron chi connectivity index (χ3n) is 4.84. The molecule has 0 radical (unpaired) electrons. The Morgan fingerprint density at radius 1 is 1.22 bits per heavy atom. The van der Waals surface area contributed by atoms with Crippen molar-refractivity contribution in [1.29, 1.82) is 0 Å². The van der Waals surface area contributed by atoms with Gasteiger partial charge in [-0.25, -0.2) is 9.37 Å². The first-order chi connectivity index (χ1) is 11.1. The van der Waals surface area contributed by atoms with Crippen molar-refractivity contribution < 1.29 is 14.2 Å². The number of ether oxygens (including phenoxy) is 1. The number of anilines is 1. The van der Waals surface area contributed by atoms with E-state index in [0.717, 1.165) is 26.2 Å². The largest absolute Gasteiger partial charge is 0.396 e. The minimum absolute atomic E-state index is 0.130. The number of aliphatic hydroxyl groups excluding tert-OH is 1. The molecule has 1 aromatic rings. The zero-order valence-corrected chi connectivity index (χ0v) is 13.9. The first-order valence-electron chi connectivity index (χ1n) is 8.41. The maximum absolute atomic E-state index is 14.0. The van der Waals surface area contributed by atoms with Gasteiger partial charge in [0.1, 0.15) is 0 Å². The lowest BCUT2D eigenvalue weighted by molar-refractivity contribution is -0.0725. The third-order valence-corrected chi connectivity index (χ3v) is 4.84. The van der Waals surface area contributed by atoms with E-state index in [4.69, 9.17) is 4.74 Å². The van der Waals surface area contributed by atoms with E-state index in [2.05, 4.69) is 23.7 Å². The molecule has 23 heavy (non-hydrogen) atoms. The fraction of sp³-hybridized carbons (Fsp3) is 0.706. The summed E-state index contributed by atoms with van der Waals surface area (Å²) in [6.07, 6.45) is 2.08. The van der Waals surface area contributed by atoms with Crippen LogP contribution in [0.2, 0.25) is 0 Å². The van der Waals surface area contributed by atoms with Crippen molar-refractivity contribution in [1.82, 2.24) is 9.88 Å². The summed E-state index contributed by atoms with van der Waals surface area (Å²) in [6, 6.07) is 3.04. The van der Waals surface area contributed by atoms with Crippen LogP contribution < -0.4 is 4.90 Å². The van der Waals surface area contributed by atoms with Crippen molar-refractivity contribution in [2.24, 2.45) is 11.8 Å². The summed E-state index contributed by atoms with van der Waals surface area (Å²) in [5, 5.41) is 9.72. The number of nitrogens with zero attached hydrogens (tertiary/aromatic N) is 3. The van der Waals surface area contributed by atoms with Crippen molar-refractivity contribution in [3.8, 4) is 0 Å². The molecule has 1 aromatic heterocycles. The van der Waals surface area contributed by atoms with Gasteiger partial charge in [-0.2, -0.15) is 0 Å².